The van der Waals surface area contributed by atoms with Gasteiger partial charge in [-0.05, 0) is 67.1 Å². The highest BCUT2D eigenvalue weighted by atomic mass is 32.2. The van der Waals surface area contributed by atoms with Crippen molar-refractivity contribution in [1.82, 2.24) is 0 Å². The first-order chi connectivity index (χ1) is 13.4. The van der Waals surface area contributed by atoms with E-state index in [2.05, 4.69) is 39.6 Å². The molecule has 0 atom stereocenters. The van der Waals surface area contributed by atoms with E-state index in [4.69, 9.17) is 4.74 Å². The van der Waals surface area contributed by atoms with Gasteiger partial charge in [0.15, 0.2) is 0 Å². The normalized spacial score (nSPS) is 12.1. The molecule has 0 unspecified atom stereocenters. The van der Waals surface area contributed by atoms with Gasteiger partial charge in [0.2, 0.25) is 9.84 Å². The van der Waals surface area contributed by atoms with E-state index in [0.29, 0.717) is 15.5 Å². The summed E-state index contributed by atoms with van der Waals surface area (Å²) in [7, 11) is 0.0231. The Morgan fingerprint density at radius 2 is 1.62 bits per heavy atom. The summed E-state index contributed by atoms with van der Waals surface area (Å²) in [6.45, 7) is 13.0. The third kappa shape index (κ3) is 4.95. The first-order valence-corrected chi connectivity index (χ1v) is 11.7. The molecule has 29 heavy (non-hydrogen) atoms. The van der Waals surface area contributed by atoms with Crippen molar-refractivity contribution >= 4 is 15.5 Å². The average molecular weight is 418 g/mol. The molecule has 2 aromatic rings. The number of ether oxygens (including phenoxy) is 1. The third-order valence-corrected chi connectivity index (χ3v) is 7.35. The standard InChI is InChI=1S/C24H35NO3S/c1-9-10-13-25(7)19-14-17(2)23(18(3)15-19)29(26,27)20-11-12-22(28-8)21(16-20)24(4,5)6/h11-12,14-16H,9-10,13H2,1-8H3. The second-order valence-corrected chi connectivity index (χ2v) is 10.7. The van der Waals surface area contributed by atoms with Crippen LogP contribution in [0.3, 0.4) is 0 Å². The predicted molar refractivity (Wildman–Crippen MR) is 121 cm³/mol. The van der Waals surface area contributed by atoms with E-state index in [9.17, 15) is 8.42 Å². The summed E-state index contributed by atoms with van der Waals surface area (Å²) >= 11 is 0. The van der Waals surface area contributed by atoms with Crippen LogP contribution < -0.4 is 9.64 Å². The Labute approximate surface area is 176 Å². The maximum Gasteiger partial charge on any atom is 0.207 e. The van der Waals surface area contributed by atoms with Crippen molar-refractivity contribution in [2.24, 2.45) is 0 Å². The van der Waals surface area contributed by atoms with Gasteiger partial charge < -0.3 is 9.64 Å². The molecule has 0 aromatic heterocycles. The Balaban J connectivity index is 2.57. The number of sulfone groups is 1. The molecular formula is C24H35NO3S. The molecule has 0 bridgehead atoms. The number of hydrogen-bond donors (Lipinski definition) is 0. The fraction of sp³-hybridized carbons (Fsp3) is 0.500. The Kier molecular flexibility index (Phi) is 7.05. The van der Waals surface area contributed by atoms with Crippen molar-refractivity contribution in [1.29, 1.82) is 0 Å². The number of nitrogens with zero attached hydrogens (tertiary/aromatic N) is 1. The number of hydrogen-bond acceptors (Lipinski definition) is 4. The fourth-order valence-corrected chi connectivity index (χ4v) is 5.38. The van der Waals surface area contributed by atoms with Crippen molar-refractivity contribution < 1.29 is 13.2 Å². The molecule has 0 aliphatic heterocycles. The van der Waals surface area contributed by atoms with E-state index < -0.39 is 9.84 Å². The summed E-state index contributed by atoms with van der Waals surface area (Å²) < 4.78 is 32.6. The molecule has 0 spiro atoms. The molecule has 160 valence electrons. The summed E-state index contributed by atoms with van der Waals surface area (Å²) in [4.78, 5) is 2.89. The molecule has 0 heterocycles. The minimum absolute atomic E-state index is 0.229. The van der Waals surface area contributed by atoms with Gasteiger partial charge >= 0.3 is 0 Å². The predicted octanol–water partition coefficient (Wildman–Crippen LogP) is 5.68. The third-order valence-electron chi connectivity index (χ3n) is 5.29. The number of aryl methyl sites for hydroxylation is 2. The molecule has 2 aromatic carbocycles. The van der Waals surface area contributed by atoms with Crippen LogP contribution in [0.5, 0.6) is 5.75 Å². The largest absolute Gasteiger partial charge is 0.496 e. The number of rotatable bonds is 7. The Hall–Kier alpha value is -2.01. The van der Waals surface area contributed by atoms with Gasteiger partial charge in [-0.25, -0.2) is 8.42 Å². The van der Waals surface area contributed by atoms with Gasteiger partial charge in [-0.3, -0.25) is 0 Å². The number of anilines is 1. The fourth-order valence-electron chi connectivity index (χ4n) is 3.65. The highest BCUT2D eigenvalue weighted by molar-refractivity contribution is 7.91. The molecule has 0 amide bonds. The van der Waals surface area contributed by atoms with Crippen LogP contribution in [0.15, 0.2) is 40.1 Å². The zero-order valence-electron chi connectivity index (χ0n) is 19.1. The van der Waals surface area contributed by atoms with E-state index in [0.717, 1.165) is 41.8 Å². The van der Waals surface area contributed by atoms with Crippen molar-refractivity contribution in [2.75, 3.05) is 25.6 Å². The van der Waals surface area contributed by atoms with Crippen LogP contribution in [0.25, 0.3) is 0 Å². The molecule has 0 fully saturated rings. The molecule has 4 nitrogen and oxygen atoms in total. The number of unbranched alkanes of at least 4 members (excludes halogenated alkanes) is 1. The molecule has 0 N–H and O–H groups in total. The molecule has 2 rings (SSSR count). The molecule has 0 saturated heterocycles. The van der Waals surface area contributed by atoms with E-state index >= 15 is 0 Å². The van der Waals surface area contributed by atoms with E-state index in [1.165, 1.54) is 0 Å². The minimum Gasteiger partial charge on any atom is -0.496 e. The van der Waals surface area contributed by atoms with Crippen molar-refractivity contribution in [3.05, 3.63) is 47.0 Å². The first kappa shape index (κ1) is 23.3. The lowest BCUT2D eigenvalue weighted by atomic mass is 9.86. The summed E-state index contributed by atoms with van der Waals surface area (Å²) in [6, 6.07) is 9.11. The van der Waals surface area contributed by atoms with Crippen LogP contribution in [0.4, 0.5) is 5.69 Å². The van der Waals surface area contributed by atoms with Crippen LogP contribution in [0, 0.1) is 13.8 Å². The number of benzene rings is 2. The van der Waals surface area contributed by atoms with Crippen molar-refractivity contribution in [3.63, 3.8) is 0 Å². The first-order valence-electron chi connectivity index (χ1n) is 10.2. The van der Waals surface area contributed by atoms with Gasteiger partial charge in [-0.2, -0.15) is 0 Å². The van der Waals surface area contributed by atoms with Gasteiger partial charge in [0.05, 0.1) is 16.9 Å². The second-order valence-electron chi connectivity index (χ2n) is 8.80. The van der Waals surface area contributed by atoms with Gasteiger partial charge in [0, 0.05) is 24.8 Å². The van der Waals surface area contributed by atoms with E-state index in [1.807, 2.05) is 26.0 Å². The van der Waals surface area contributed by atoms with E-state index in [-0.39, 0.29) is 5.41 Å². The SMILES string of the molecule is CCCCN(C)c1cc(C)c(S(=O)(=O)c2ccc(OC)c(C(C)(C)C)c2)c(C)c1. The molecule has 5 heteroatoms. The van der Waals surface area contributed by atoms with Crippen LogP contribution in [-0.2, 0) is 15.3 Å². The Bertz CT molecular complexity index is 949. The van der Waals surface area contributed by atoms with Crippen LogP contribution in [-0.4, -0.2) is 29.1 Å². The Morgan fingerprint density at radius 1 is 1.03 bits per heavy atom. The van der Waals surface area contributed by atoms with Crippen LogP contribution in [0.2, 0.25) is 0 Å². The van der Waals surface area contributed by atoms with Gasteiger partial charge in [0.1, 0.15) is 5.75 Å². The lowest BCUT2D eigenvalue weighted by Crippen LogP contribution is -2.19. The highest BCUT2D eigenvalue weighted by Gasteiger charge is 2.27. The lowest BCUT2D eigenvalue weighted by molar-refractivity contribution is 0.397. The van der Waals surface area contributed by atoms with Gasteiger partial charge in [0.25, 0.3) is 0 Å². The minimum atomic E-state index is -3.64. The van der Waals surface area contributed by atoms with Gasteiger partial charge in [-0.15, -0.1) is 0 Å². The second kappa shape index (κ2) is 8.78. The number of methoxy groups -OCH3 is 1. The topological polar surface area (TPSA) is 46.6 Å². The van der Waals surface area contributed by atoms with Crippen LogP contribution >= 0.6 is 0 Å². The molecule has 0 aliphatic rings. The lowest BCUT2D eigenvalue weighted by Gasteiger charge is -2.24. The summed E-state index contributed by atoms with van der Waals surface area (Å²) in [5.41, 5.74) is 3.25. The monoisotopic (exact) mass is 417 g/mol. The molecule has 0 radical (unpaired) electrons. The smallest absolute Gasteiger partial charge is 0.207 e. The van der Waals surface area contributed by atoms with Crippen molar-refractivity contribution in [3.8, 4) is 5.75 Å². The quantitative estimate of drug-likeness (QED) is 0.581. The molecule has 0 aliphatic carbocycles. The maximum atomic E-state index is 13.6. The summed E-state index contributed by atoms with van der Waals surface area (Å²) in [5, 5.41) is 0. The van der Waals surface area contributed by atoms with Crippen LogP contribution in [0.1, 0.15) is 57.2 Å². The summed E-state index contributed by atoms with van der Waals surface area (Å²) in [6.07, 6.45) is 2.23. The van der Waals surface area contributed by atoms with E-state index in [1.54, 1.807) is 25.3 Å². The Morgan fingerprint density at radius 3 is 2.10 bits per heavy atom. The summed E-state index contributed by atoms with van der Waals surface area (Å²) in [5.74, 6) is 0.706. The zero-order valence-corrected chi connectivity index (χ0v) is 19.9. The average Bonchev–Trinajstić information content (AvgIpc) is 2.63. The zero-order chi connectivity index (χ0) is 22.0. The maximum absolute atomic E-state index is 13.6. The molecule has 0 saturated carbocycles. The van der Waals surface area contributed by atoms with Gasteiger partial charge in [-0.1, -0.05) is 34.1 Å². The highest BCUT2D eigenvalue weighted by Crippen LogP contribution is 2.36. The molecular weight excluding hydrogens is 382 g/mol. The van der Waals surface area contributed by atoms with Crippen molar-refractivity contribution in [2.45, 2.75) is 69.6 Å².